The molecule has 0 saturated carbocycles. The quantitative estimate of drug-likeness (QED) is 0.656. The van der Waals surface area contributed by atoms with Crippen LogP contribution >= 0.6 is 0 Å². The fourth-order valence-electron chi connectivity index (χ4n) is 2.37. The predicted molar refractivity (Wildman–Crippen MR) is 79.7 cm³/mol. The van der Waals surface area contributed by atoms with E-state index in [9.17, 15) is 4.39 Å². The van der Waals surface area contributed by atoms with Gasteiger partial charge in [-0.1, -0.05) is 30.3 Å². The number of halogens is 1. The van der Waals surface area contributed by atoms with E-state index < -0.39 is 0 Å². The summed E-state index contributed by atoms with van der Waals surface area (Å²) in [6, 6.07) is 17.7. The van der Waals surface area contributed by atoms with E-state index >= 15 is 0 Å². The maximum Gasteiger partial charge on any atom is 0.126 e. The van der Waals surface area contributed by atoms with Gasteiger partial charge in [0, 0.05) is 18.1 Å². The predicted octanol–water partition coefficient (Wildman–Crippen LogP) is 4.52. The first-order chi connectivity index (χ1) is 9.74. The Morgan fingerprint density at radius 1 is 0.950 bits per heavy atom. The van der Waals surface area contributed by atoms with Crippen LogP contribution in [0.15, 0.2) is 67.0 Å². The first-order valence-electron chi connectivity index (χ1n) is 6.70. The highest BCUT2D eigenvalue weighted by molar-refractivity contribution is 5.44. The van der Waals surface area contributed by atoms with Gasteiger partial charge >= 0.3 is 0 Å². The number of para-hydroxylation sites is 1. The van der Waals surface area contributed by atoms with Gasteiger partial charge < -0.3 is 4.57 Å². The van der Waals surface area contributed by atoms with Gasteiger partial charge in [0.25, 0.3) is 0 Å². The number of hydrogen-bond acceptors (Lipinski definition) is 0. The topological polar surface area (TPSA) is 4.93 Å². The van der Waals surface area contributed by atoms with E-state index in [-0.39, 0.29) is 5.82 Å². The van der Waals surface area contributed by atoms with Crippen LogP contribution in [-0.4, -0.2) is 4.57 Å². The summed E-state index contributed by atoms with van der Waals surface area (Å²) in [7, 11) is 0. The lowest BCUT2D eigenvalue weighted by molar-refractivity contribution is 0.616. The Balaban J connectivity index is 1.97. The number of nitrogens with zero attached hydrogens (tertiary/aromatic N) is 1. The molecule has 0 atom stereocenters. The summed E-state index contributed by atoms with van der Waals surface area (Å²) in [5.74, 6) is -0.138. The van der Waals surface area contributed by atoms with Crippen molar-refractivity contribution in [3.63, 3.8) is 0 Å². The molecule has 0 unspecified atom stereocenters. The minimum atomic E-state index is -0.138. The van der Waals surface area contributed by atoms with Crippen LogP contribution in [0.2, 0.25) is 0 Å². The summed E-state index contributed by atoms with van der Waals surface area (Å²) in [5, 5.41) is 0. The number of rotatable bonds is 3. The molecule has 0 fully saturated rings. The molecular formula is C18H16FN. The number of benzene rings is 2. The van der Waals surface area contributed by atoms with Crippen molar-refractivity contribution < 1.29 is 4.39 Å². The Kier molecular flexibility index (Phi) is 3.38. The monoisotopic (exact) mass is 265 g/mol. The number of hydrogen-bond donors (Lipinski definition) is 0. The second kappa shape index (κ2) is 5.33. The van der Waals surface area contributed by atoms with E-state index in [1.54, 1.807) is 13.0 Å². The molecule has 1 nitrogen and oxygen atoms in total. The van der Waals surface area contributed by atoms with Crippen LogP contribution < -0.4 is 0 Å². The first-order valence-corrected chi connectivity index (χ1v) is 6.70. The minimum absolute atomic E-state index is 0.138. The van der Waals surface area contributed by atoms with Crippen molar-refractivity contribution in [2.75, 3.05) is 0 Å². The largest absolute Gasteiger partial charge is 0.324 e. The van der Waals surface area contributed by atoms with Crippen LogP contribution in [0.1, 0.15) is 16.7 Å². The zero-order valence-corrected chi connectivity index (χ0v) is 11.4. The lowest BCUT2D eigenvalue weighted by Gasteiger charge is -2.11. The molecule has 0 radical (unpaired) electrons. The Hall–Kier alpha value is -2.35. The molecule has 1 heterocycles. The number of aromatic nitrogens is 1. The van der Waals surface area contributed by atoms with Gasteiger partial charge in [0.1, 0.15) is 5.82 Å². The normalized spacial score (nSPS) is 10.7. The highest BCUT2D eigenvalue weighted by Gasteiger charge is 2.06. The molecule has 20 heavy (non-hydrogen) atoms. The van der Waals surface area contributed by atoms with Gasteiger partial charge in [-0.25, -0.2) is 4.39 Å². The summed E-state index contributed by atoms with van der Waals surface area (Å²) in [4.78, 5) is 0. The maximum absolute atomic E-state index is 13.7. The van der Waals surface area contributed by atoms with E-state index in [2.05, 4.69) is 16.7 Å². The molecular weight excluding hydrogens is 249 g/mol. The molecule has 0 aliphatic carbocycles. The molecule has 2 heteroatoms. The average molecular weight is 265 g/mol. The van der Waals surface area contributed by atoms with Crippen molar-refractivity contribution in [3.05, 3.63) is 89.5 Å². The van der Waals surface area contributed by atoms with Crippen molar-refractivity contribution >= 4 is 0 Å². The van der Waals surface area contributed by atoms with Gasteiger partial charge in [-0.2, -0.15) is 0 Å². The van der Waals surface area contributed by atoms with Crippen molar-refractivity contribution in [1.82, 2.24) is 4.57 Å². The Morgan fingerprint density at radius 2 is 1.70 bits per heavy atom. The molecule has 2 aromatic carbocycles. The highest BCUT2D eigenvalue weighted by atomic mass is 19.1. The lowest BCUT2D eigenvalue weighted by atomic mass is 10.0. The zero-order valence-electron chi connectivity index (χ0n) is 11.4. The average Bonchev–Trinajstić information content (AvgIpc) is 2.97. The Labute approximate surface area is 118 Å². The highest BCUT2D eigenvalue weighted by Crippen LogP contribution is 2.19. The summed E-state index contributed by atoms with van der Waals surface area (Å²) in [6.07, 6.45) is 4.77. The van der Waals surface area contributed by atoms with Crippen LogP contribution in [0.5, 0.6) is 0 Å². The van der Waals surface area contributed by atoms with Gasteiger partial charge in [-0.05, 0) is 54.3 Å². The third-order valence-corrected chi connectivity index (χ3v) is 3.51. The summed E-state index contributed by atoms with van der Waals surface area (Å²) in [6.45, 7) is 1.78. The van der Waals surface area contributed by atoms with Gasteiger partial charge in [0.15, 0.2) is 0 Å². The van der Waals surface area contributed by atoms with Crippen LogP contribution in [-0.2, 0) is 6.42 Å². The van der Waals surface area contributed by atoms with E-state index in [1.807, 2.05) is 48.8 Å². The molecule has 3 aromatic rings. The third-order valence-electron chi connectivity index (χ3n) is 3.51. The molecule has 1 aromatic heterocycles. The van der Waals surface area contributed by atoms with Gasteiger partial charge in [-0.15, -0.1) is 0 Å². The van der Waals surface area contributed by atoms with Crippen molar-refractivity contribution in [3.8, 4) is 5.69 Å². The zero-order chi connectivity index (χ0) is 13.9. The fraction of sp³-hybridized carbons (Fsp3) is 0.111. The SMILES string of the molecule is Cc1ccc(Cc2ccccc2-n2cccc2)cc1F. The number of aryl methyl sites for hydroxylation is 1. The summed E-state index contributed by atoms with van der Waals surface area (Å²) < 4.78 is 15.7. The van der Waals surface area contributed by atoms with Crippen LogP contribution in [0, 0.1) is 12.7 Å². The molecule has 100 valence electrons. The Bertz CT molecular complexity index is 714. The molecule has 0 aliphatic heterocycles. The molecule has 0 aliphatic rings. The van der Waals surface area contributed by atoms with Crippen LogP contribution in [0.25, 0.3) is 5.69 Å². The fourth-order valence-corrected chi connectivity index (χ4v) is 2.37. The lowest BCUT2D eigenvalue weighted by Crippen LogP contribution is -1.98. The van der Waals surface area contributed by atoms with Crippen molar-refractivity contribution in [1.29, 1.82) is 0 Å². The second-order valence-corrected chi connectivity index (χ2v) is 4.98. The maximum atomic E-state index is 13.7. The standard InChI is InChI=1S/C18H16FN/c1-14-8-9-15(13-17(14)19)12-16-6-2-3-7-18(16)20-10-4-5-11-20/h2-11,13H,12H2,1H3. The molecule has 0 spiro atoms. The smallest absolute Gasteiger partial charge is 0.126 e. The van der Waals surface area contributed by atoms with E-state index in [1.165, 1.54) is 5.56 Å². The summed E-state index contributed by atoms with van der Waals surface area (Å²) in [5.41, 5.74) is 4.01. The van der Waals surface area contributed by atoms with E-state index in [4.69, 9.17) is 0 Å². The van der Waals surface area contributed by atoms with E-state index in [0.29, 0.717) is 5.56 Å². The van der Waals surface area contributed by atoms with Crippen LogP contribution in [0.3, 0.4) is 0 Å². The van der Waals surface area contributed by atoms with Gasteiger partial charge in [0.05, 0.1) is 0 Å². The van der Waals surface area contributed by atoms with E-state index in [0.717, 1.165) is 17.7 Å². The minimum Gasteiger partial charge on any atom is -0.324 e. The first kappa shape index (κ1) is 12.7. The van der Waals surface area contributed by atoms with Crippen molar-refractivity contribution in [2.24, 2.45) is 0 Å². The third kappa shape index (κ3) is 2.50. The van der Waals surface area contributed by atoms with Gasteiger partial charge in [-0.3, -0.25) is 0 Å². The molecule has 0 saturated heterocycles. The second-order valence-electron chi connectivity index (χ2n) is 4.98. The van der Waals surface area contributed by atoms with Crippen molar-refractivity contribution in [2.45, 2.75) is 13.3 Å². The molecule has 0 N–H and O–H groups in total. The molecule has 3 rings (SSSR count). The summed E-state index contributed by atoms with van der Waals surface area (Å²) >= 11 is 0. The van der Waals surface area contributed by atoms with Crippen LogP contribution in [0.4, 0.5) is 4.39 Å². The van der Waals surface area contributed by atoms with Gasteiger partial charge in [0.2, 0.25) is 0 Å². The molecule has 0 amide bonds. The molecule has 0 bridgehead atoms. The Morgan fingerprint density at radius 3 is 2.45 bits per heavy atom.